The molecule has 0 unspecified atom stereocenters. The van der Waals surface area contributed by atoms with Gasteiger partial charge in [0.1, 0.15) is 18.3 Å². The Balaban J connectivity index is 1.44. The number of methoxy groups -OCH3 is 1. The number of nitrogens with zero attached hydrogens (tertiary/aromatic N) is 1. The van der Waals surface area contributed by atoms with Crippen molar-refractivity contribution < 1.29 is 19.1 Å². The van der Waals surface area contributed by atoms with Crippen LogP contribution in [0.4, 0.5) is 16.2 Å². The summed E-state index contributed by atoms with van der Waals surface area (Å²) in [5, 5.41) is 8.54. The van der Waals surface area contributed by atoms with Crippen LogP contribution in [0.1, 0.15) is 11.1 Å². The lowest BCUT2D eigenvalue weighted by Crippen LogP contribution is -2.54. The van der Waals surface area contributed by atoms with Crippen LogP contribution in [0.25, 0.3) is 0 Å². The Hall–Kier alpha value is -4.33. The number of urea groups is 1. The lowest BCUT2D eigenvalue weighted by Gasteiger charge is -2.30. The van der Waals surface area contributed by atoms with Gasteiger partial charge in [-0.3, -0.25) is 14.5 Å². The number of fused-ring (bicyclic) bond motifs is 1. The van der Waals surface area contributed by atoms with Crippen LogP contribution in [-0.4, -0.2) is 44.1 Å². The van der Waals surface area contributed by atoms with Gasteiger partial charge in [-0.25, -0.2) is 4.79 Å². The molecule has 0 radical (unpaired) electrons. The van der Waals surface area contributed by atoms with Crippen molar-refractivity contribution in [1.29, 1.82) is 0 Å². The highest BCUT2D eigenvalue weighted by Crippen LogP contribution is 2.28. The van der Waals surface area contributed by atoms with Gasteiger partial charge in [-0.2, -0.15) is 0 Å². The molecule has 3 N–H and O–H groups in total. The highest BCUT2D eigenvalue weighted by molar-refractivity contribution is 6.10. The number of benzene rings is 3. The Labute approximate surface area is 204 Å². The molecule has 0 saturated carbocycles. The van der Waals surface area contributed by atoms with E-state index in [-0.39, 0.29) is 18.4 Å². The molecule has 4 rings (SSSR count). The third kappa shape index (κ3) is 6.17. The number of hydrogen-bond acceptors (Lipinski definition) is 4. The van der Waals surface area contributed by atoms with Gasteiger partial charge in [-0.15, -0.1) is 0 Å². The normalized spacial score (nSPS) is 13.3. The van der Waals surface area contributed by atoms with Crippen LogP contribution in [0.15, 0.2) is 78.9 Å². The van der Waals surface area contributed by atoms with Gasteiger partial charge in [0.15, 0.2) is 0 Å². The molecule has 1 atom stereocenters. The molecule has 0 saturated heterocycles. The maximum absolute atomic E-state index is 13.2. The molecular formula is C27H28N4O4. The molecule has 0 bridgehead atoms. The maximum atomic E-state index is 13.2. The minimum absolute atomic E-state index is 0.125. The lowest BCUT2D eigenvalue weighted by atomic mass is 10.0. The van der Waals surface area contributed by atoms with Crippen molar-refractivity contribution in [1.82, 2.24) is 10.6 Å². The van der Waals surface area contributed by atoms with Gasteiger partial charge in [-0.1, -0.05) is 54.6 Å². The first-order valence-electron chi connectivity index (χ1n) is 11.4. The monoisotopic (exact) mass is 472 g/mol. The van der Waals surface area contributed by atoms with Gasteiger partial charge in [0.2, 0.25) is 11.8 Å². The summed E-state index contributed by atoms with van der Waals surface area (Å²) in [6, 6.07) is 22.9. The topological polar surface area (TPSA) is 99.8 Å². The molecule has 8 nitrogen and oxygen atoms in total. The fraction of sp³-hybridized carbons (Fsp3) is 0.222. The molecule has 1 aliphatic heterocycles. The van der Waals surface area contributed by atoms with Crippen LogP contribution in [0.3, 0.4) is 0 Å². The number of para-hydroxylation sites is 2. The number of amides is 4. The summed E-state index contributed by atoms with van der Waals surface area (Å²) in [6.45, 7) is 0.293. The first-order chi connectivity index (χ1) is 17.0. The molecule has 8 heteroatoms. The zero-order chi connectivity index (χ0) is 24.6. The van der Waals surface area contributed by atoms with Crippen molar-refractivity contribution >= 4 is 29.2 Å². The van der Waals surface area contributed by atoms with E-state index >= 15 is 0 Å². The van der Waals surface area contributed by atoms with Crippen LogP contribution in [0.5, 0.6) is 5.75 Å². The van der Waals surface area contributed by atoms with E-state index in [4.69, 9.17) is 4.74 Å². The quantitative estimate of drug-likeness (QED) is 0.469. The maximum Gasteiger partial charge on any atom is 0.323 e. The Morgan fingerprint density at radius 2 is 1.69 bits per heavy atom. The van der Waals surface area contributed by atoms with Gasteiger partial charge in [0.05, 0.1) is 18.5 Å². The standard InChI is InChI=1S/C27H28N4O4/c1-35-21-13-11-19(12-14-21)15-16-28-26(33)23(17-20-7-3-2-4-8-20)30-27(34)31-18-25(32)29-22-9-5-6-10-24(22)31/h2-14,23H,15-18H2,1H3,(H,28,33)(H,29,32)(H,30,34)/t23-/m1/s1. The summed E-state index contributed by atoms with van der Waals surface area (Å²) in [6.07, 6.45) is 0.962. The number of nitrogens with one attached hydrogen (secondary N) is 3. The number of ether oxygens (including phenoxy) is 1. The van der Waals surface area contributed by atoms with Crippen molar-refractivity contribution in [3.63, 3.8) is 0 Å². The van der Waals surface area contributed by atoms with Crippen molar-refractivity contribution in [2.24, 2.45) is 0 Å². The zero-order valence-electron chi connectivity index (χ0n) is 19.5. The Kier molecular flexibility index (Phi) is 7.62. The van der Waals surface area contributed by atoms with Gasteiger partial charge in [0.25, 0.3) is 0 Å². The number of carbonyl (C=O) groups is 3. The first-order valence-corrected chi connectivity index (χ1v) is 11.4. The molecule has 4 amide bonds. The van der Waals surface area contributed by atoms with Crippen molar-refractivity contribution in [2.75, 3.05) is 30.4 Å². The molecule has 3 aromatic rings. The summed E-state index contributed by atoms with van der Waals surface area (Å²) in [5.74, 6) is 0.198. The minimum atomic E-state index is -0.807. The second-order valence-electron chi connectivity index (χ2n) is 8.23. The van der Waals surface area contributed by atoms with E-state index in [9.17, 15) is 14.4 Å². The predicted octanol–water partition coefficient (Wildman–Crippen LogP) is 3.13. The largest absolute Gasteiger partial charge is 0.497 e. The molecule has 0 spiro atoms. The summed E-state index contributed by atoms with van der Waals surface area (Å²) in [5.41, 5.74) is 3.12. The molecule has 0 aliphatic carbocycles. The summed E-state index contributed by atoms with van der Waals surface area (Å²) < 4.78 is 5.18. The van der Waals surface area contributed by atoms with E-state index in [1.165, 1.54) is 4.90 Å². The molecule has 35 heavy (non-hydrogen) atoms. The zero-order valence-corrected chi connectivity index (χ0v) is 19.5. The highest BCUT2D eigenvalue weighted by atomic mass is 16.5. The Bertz CT molecular complexity index is 1180. The van der Waals surface area contributed by atoms with E-state index in [0.29, 0.717) is 30.8 Å². The van der Waals surface area contributed by atoms with Crippen LogP contribution in [-0.2, 0) is 22.4 Å². The number of carbonyl (C=O) groups excluding carboxylic acids is 3. The van der Waals surface area contributed by atoms with Gasteiger partial charge < -0.3 is 20.7 Å². The third-order valence-corrected chi connectivity index (χ3v) is 5.78. The van der Waals surface area contributed by atoms with E-state index in [2.05, 4.69) is 16.0 Å². The molecule has 180 valence electrons. The lowest BCUT2D eigenvalue weighted by molar-refractivity contribution is -0.122. The Morgan fingerprint density at radius 1 is 0.971 bits per heavy atom. The average Bonchev–Trinajstić information content (AvgIpc) is 2.88. The predicted molar refractivity (Wildman–Crippen MR) is 135 cm³/mol. The average molecular weight is 473 g/mol. The third-order valence-electron chi connectivity index (χ3n) is 5.78. The summed E-state index contributed by atoms with van der Waals surface area (Å²) >= 11 is 0. The van der Waals surface area contributed by atoms with Gasteiger partial charge in [-0.05, 0) is 41.8 Å². The van der Waals surface area contributed by atoms with Crippen LogP contribution < -0.4 is 25.6 Å². The minimum Gasteiger partial charge on any atom is -0.497 e. The van der Waals surface area contributed by atoms with Crippen molar-refractivity contribution in [2.45, 2.75) is 18.9 Å². The van der Waals surface area contributed by atoms with Crippen LogP contribution in [0.2, 0.25) is 0 Å². The van der Waals surface area contributed by atoms with E-state index < -0.39 is 12.1 Å². The number of hydrogen-bond donors (Lipinski definition) is 3. The first kappa shape index (κ1) is 23.8. The van der Waals surface area contributed by atoms with E-state index in [0.717, 1.165) is 16.9 Å². The Morgan fingerprint density at radius 3 is 2.43 bits per heavy atom. The van der Waals surface area contributed by atoms with Crippen LogP contribution in [0, 0.1) is 0 Å². The molecule has 0 fully saturated rings. The van der Waals surface area contributed by atoms with E-state index in [1.807, 2.05) is 54.6 Å². The molecule has 0 aromatic heterocycles. The molecular weight excluding hydrogens is 444 g/mol. The van der Waals surface area contributed by atoms with Crippen LogP contribution >= 0.6 is 0 Å². The van der Waals surface area contributed by atoms with Gasteiger partial charge >= 0.3 is 6.03 Å². The fourth-order valence-electron chi connectivity index (χ4n) is 3.95. The number of anilines is 2. The SMILES string of the molecule is COc1ccc(CCNC(=O)[C@@H](Cc2ccccc2)NC(=O)N2CC(=O)Nc3ccccc32)cc1. The highest BCUT2D eigenvalue weighted by Gasteiger charge is 2.30. The summed E-state index contributed by atoms with van der Waals surface area (Å²) in [7, 11) is 1.62. The second-order valence-corrected chi connectivity index (χ2v) is 8.23. The fourth-order valence-corrected chi connectivity index (χ4v) is 3.95. The molecule has 1 heterocycles. The second kappa shape index (κ2) is 11.2. The van der Waals surface area contributed by atoms with E-state index in [1.54, 1.807) is 31.4 Å². The molecule has 1 aliphatic rings. The number of rotatable bonds is 8. The molecule has 3 aromatic carbocycles. The summed E-state index contributed by atoms with van der Waals surface area (Å²) in [4.78, 5) is 39.8. The van der Waals surface area contributed by atoms with Crippen molar-refractivity contribution in [3.05, 3.63) is 90.0 Å². The van der Waals surface area contributed by atoms with Gasteiger partial charge in [0, 0.05) is 13.0 Å². The smallest absolute Gasteiger partial charge is 0.323 e. The van der Waals surface area contributed by atoms with Crippen molar-refractivity contribution in [3.8, 4) is 5.75 Å².